The summed E-state index contributed by atoms with van der Waals surface area (Å²) in [7, 11) is 0. The molecule has 1 aliphatic heterocycles. The largest absolute Gasteiger partial charge is 0.435 e. The molecule has 146 valence electrons. The van der Waals surface area contributed by atoms with Crippen LogP contribution >= 0.6 is 11.6 Å². The maximum absolute atomic E-state index is 12.2. The Kier molecular flexibility index (Phi) is 5.54. The van der Waals surface area contributed by atoms with E-state index in [-0.39, 0.29) is 5.75 Å². The van der Waals surface area contributed by atoms with Crippen molar-refractivity contribution in [2.24, 2.45) is 0 Å². The maximum Gasteiger partial charge on any atom is 0.387 e. The molecule has 8 heteroatoms. The van der Waals surface area contributed by atoms with Crippen LogP contribution in [-0.4, -0.2) is 47.7 Å². The highest BCUT2D eigenvalue weighted by Gasteiger charge is 2.19. The first-order valence-corrected chi connectivity index (χ1v) is 9.38. The zero-order valence-corrected chi connectivity index (χ0v) is 15.8. The minimum Gasteiger partial charge on any atom is -0.435 e. The van der Waals surface area contributed by atoms with Crippen molar-refractivity contribution in [2.75, 3.05) is 31.1 Å². The first-order chi connectivity index (χ1) is 13.6. The molecule has 0 atom stereocenters. The Morgan fingerprint density at radius 1 is 1.00 bits per heavy atom. The van der Waals surface area contributed by atoms with E-state index < -0.39 is 6.61 Å². The van der Waals surface area contributed by atoms with E-state index >= 15 is 0 Å². The average molecular weight is 405 g/mol. The Balaban J connectivity index is 1.35. The predicted octanol–water partition coefficient (Wildman–Crippen LogP) is 4.21. The van der Waals surface area contributed by atoms with Crippen LogP contribution in [0.1, 0.15) is 5.56 Å². The number of rotatable bonds is 5. The third-order valence-corrected chi connectivity index (χ3v) is 4.98. The van der Waals surface area contributed by atoms with Crippen molar-refractivity contribution in [3.63, 3.8) is 0 Å². The summed E-state index contributed by atoms with van der Waals surface area (Å²) in [5, 5.41) is 0.650. The number of aromatic nitrogens is 2. The number of nitrogens with zero attached hydrogens (tertiary/aromatic N) is 4. The molecule has 0 amide bonds. The minimum absolute atomic E-state index is 0.180. The fraction of sp³-hybridized carbons (Fsp3) is 0.300. The average Bonchev–Trinajstić information content (AvgIpc) is 2.69. The van der Waals surface area contributed by atoms with Gasteiger partial charge in [-0.25, -0.2) is 4.98 Å². The van der Waals surface area contributed by atoms with Crippen molar-refractivity contribution in [1.82, 2.24) is 14.9 Å². The second-order valence-electron chi connectivity index (χ2n) is 6.65. The van der Waals surface area contributed by atoms with E-state index in [0.29, 0.717) is 5.02 Å². The third-order valence-electron chi connectivity index (χ3n) is 4.74. The summed E-state index contributed by atoms with van der Waals surface area (Å²) in [4.78, 5) is 13.7. The van der Waals surface area contributed by atoms with E-state index in [1.807, 2.05) is 30.3 Å². The molecule has 5 nitrogen and oxygen atoms in total. The number of hydrogen-bond acceptors (Lipinski definition) is 5. The lowest BCUT2D eigenvalue weighted by Crippen LogP contribution is -2.46. The summed E-state index contributed by atoms with van der Waals surface area (Å²) in [6.45, 7) is 1.44. The second-order valence-corrected chi connectivity index (χ2v) is 7.08. The van der Waals surface area contributed by atoms with Gasteiger partial charge in [0.15, 0.2) is 0 Å². The Bertz CT molecular complexity index is 947. The Morgan fingerprint density at radius 3 is 2.46 bits per heavy atom. The zero-order chi connectivity index (χ0) is 19.5. The molecular weight excluding hydrogens is 386 g/mol. The van der Waals surface area contributed by atoms with Crippen LogP contribution in [0.15, 0.2) is 48.7 Å². The molecule has 2 heterocycles. The molecule has 0 aliphatic carbocycles. The SMILES string of the molecule is FC(F)Oc1ccc(CN2CCN(c3cnc4cc(Cl)ccc4n3)CC2)cc1. The number of fused-ring (bicyclic) bond motifs is 1. The van der Waals surface area contributed by atoms with Crippen molar-refractivity contribution in [3.8, 4) is 5.75 Å². The molecule has 1 aliphatic rings. The van der Waals surface area contributed by atoms with Crippen LogP contribution in [0, 0.1) is 0 Å². The molecule has 0 N–H and O–H groups in total. The monoisotopic (exact) mass is 404 g/mol. The van der Waals surface area contributed by atoms with Gasteiger partial charge in [0.25, 0.3) is 0 Å². The maximum atomic E-state index is 12.2. The molecule has 4 rings (SSSR count). The summed E-state index contributed by atoms with van der Waals surface area (Å²) in [5.41, 5.74) is 2.68. The van der Waals surface area contributed by atoms with Gasteiger partial charge in [-0.1, -0.05) is 23.7 Å². The quantitative estimate of drug-likeness (QED) is 0.637. The second kappa shape index (κ2) is 8.24. The summed E-state index contributed by atoms with van der Waals surface area (Å²) in [5.74, 6) is 1.04. The summed E-state index contributed by atoms with van der Waals surface area (Å²) in [6.07, 6.45) is 1.79. The van der Waals surface area contributed by atoms with Crippen LogP contribution in [0.2, 0.25) is 5.02 Å². The molecule has 0 unspecified atom stereocenters. The van der Waals surface area contributed by atoms with E-state index in [1.54, 1.807) is 18.3 Å². The number of alkyl halides is 2. The molecule has 3 aromatic rings. The normalized spacial score (nSPS) is 15.4. The van der Waals surface area contributed by atoms with Gasteiger partial charge in [0.1, 0.15) is 11.6 Å². The van der Waals surface area contributed by atoms with E-state index in [0.717, 1.165) is 55.1 Å². The minimum atomic E-state index is -2.80. The van der Waals surface area contributed by atoms with E-state index in [9.17, 15) is 8.78 Å². The smallest absolute Gasteiger partial charge is 0.387 e. The number of piperazine rings is 1. The molecule has 0 spiro atoms. The molecule has 28 heavy (non-hydrogen) atoms. The van der Waals surface area contributed by atoms with Crippen LogP contribution in [0.25, 0.3) is 11.0 Å². The van der Waals surface area contributed by atoms with Crippen LogP contribution in [0.5, 0.6) is 5.75 Å². The standard InChI is InChI=1S/C20H19ClF2N4O/c21-15-3-6-17-18(11-15)24-12-19(25-17)27-9-7-26(8-10-27)13-14-1-4-16(5-2-14)28-20(22)23/h1-6,11-12,20H,7-10,13H2. The molecule has 0 saturated carbocycles. The lowest BCUT2D eigenvalue weighted by molar-refractivity contribution is -0.0498. The summed E-state index contributed by atoms with van der Waals surface area (Å²) in [6, 6.07) is 12.3. The first kappa shape index (κ1) is 18.8. The Hall–Kier alpha value is -2.51. The predicted molar refractivity (Wildman–Crippen MR) is 105 cm³/mol. The Morgan fingerprint density at radius 2 is 1.75 bits per heavy atom. The van der Waals surface area contributed by atoms with Crippen LogP contribution < -0.4 is 9.64 Å². The van der Waals surface area contributed by atoms with E-state index in [1.165, 1.54) is 0 Å². The molecule has 2 aromatic carbocycles. The third kappa shape index (κ3) is 4.48. The van der Waals surface area contributed by atoms with Crippen LogP contribution in [0.4, 0.5) is 14.6 Å². The first-order valence-electron chi connectivity index (χ1n) is 9.00. The molecule has 1 saturated heterocycles. The zero-order valence-electron chi connectivity index (χ0n) is 15.1. The van der Waals surface area contributed by atoms with Crippen molar-refractivity contribution < 1.29 is 13.5 Å². The molecular formula is C20H19ClF2N4O. The van der Waals surface area contributed by atoms with Gasteiger partial charge >= 0.3 is 6.61 Å². The fourth-order valence-electron chi connectivity index (χ4n) is 3.30. The van der Waals surface area contributed by atoms with Crippen LogP contribution in [0.3, 0.4) is 0 Å². The summed E-state index contributed by atoms with van der Waals surface area (Å²) < 4.78 is 28.8. The van der Waals surface area contributed by atoms with Crippen molar-refractivity contribution >= 4 is 28.5 Å². The number of hydrogen-bond donors (Lipinski definition) is 0. The summed E-state index contributed by atoms with van der Waals surface area (Å²) >= 11 is 6.00. The number of ether oxygens (including phenoxy) is 1. The van der Waals surface area contributed by atoms with Gasteiger partial charge in [0.05, 0.1) is 17.2 Å². The van der Waals surface area contributed by atoms with Crippen molar-refractivity contribution in [3.05, 3.63) is 59.2 Å². The molecule has 1 fully saturated rings. The van der Waals surface area contributed by atoms with Gasteiger partial charge in [-0.05, 0) is 35.9 Å². The highest BCUT2D eigenvalue weighted by atomic mass is 35.5. The highest BCUT2D eigenvalue weighted by Crippen LogP contribution is 2.21. The van der Waals surface area contributed by atoms with Crippen LogP contribution in [-0.2, 0) is 6.54 Å². The molecule has 0 bridgehead atoms. The van der Waals surface area contributed by atoms with Gasteiger partial charge in [0.2, 0.25) is 0 Å². The van der Waals surface area contributed by atoms with Gasteiger partial charge in [0, 0.05) is 37.7 Å². The topological polar surface area (TPSA) is 41.5 Å². The lowest BCUT2D eigenvalue weighted by atomic mass is 10.2. The van der Waals surface area contributed by atoms with Gasteiger partial charge in [-0.2, -0.15) is 8.78 Å². The van der Waals surface area contributed by atoms with E-state index in [4.69, 9.17) is 16.6 Å². The van der Waals surface area contributed by atoms with Gasteiger partial charge in [-0.3, -0.25) is 9.88 Å². The Labute approximate surface area is 166 Å². The van der Waals surface area contributed by atoms with Gasteiger partial charge in [-0.15, -0.1) is 0 Å². The lowest BCUT2D eigenvalue weighted by Gasteiger charge is -2.35. The number of benzene rings is 2. The molecule has 0 radical (unpaired) electrons. The number of anilines is 1. The number of halogens is 3. The molecule has 1 aromatic heterocycles. The van der Waals surface area contributed by atoms with Crippen molar-refractivity contribution in [2.45, 2.75) is 13.2 Å². The fourth-order valence-corrected chi connectivity index (χ4v) is 3.46. The van der Waals surface area contributed by atoms with Crippen molar-refractivity contribution in [1.29, 1.82) is 0 Å². The van der Waals surface area contributed by atoms with E-state index in [2.05, 4.69) is 19.5 Å². The van der Waals surface area contributed by atoms with Gasteiger partial charge < -0.3 is 9.64 Å². The highest BCUT2D eigenvalue weighted by molar-refractivity contribution is 6.31.